The van der Waals surface area contributed by atoms with Gasteiger partial charge in [-0.3, -0.25) is 0 Å². The minimum atomic E-state index is 0.699. The van der Waals surface area contributed by atoms with E-state index in [-0.39, 0.29) is 0 Å². The van der Waals surface area contributed by atoms with Gasteiger partial charge in [-0.25, -0.2) is 4.98 Å². The van der Waals surface area contributed by atoms with E-state index in [0.29, 0.717) is 6.61 Å². The highest BCUT2D eigenvalue weighted by atomic mass is 16.5. The van der Waals surface area contributed by atoms with Crippen LogP contribution in [-0.4, -0.2) is 16.6 Å². The molecule has 1 aromatic heterocycles. The third-order valence-electron chi connectivity index (χ3n) is 2.64. The smallest absolute Gasteiger partial charge is 0.0921 e. The molecule has 3 nitrogen and oxygen atoms in total. The molecular weight excluding hydrogens is 212 g/mol. The summed E-state index contributed by atoms with van der Waals surface area (Å²) in [6.07, 6.45) is 5.59. The molecule has 0 saturated heterocycles. The van der Waals surface area contributed by atoms with Crippen LogP contribution in [0.25, 0.3) is 0 Å². The summed E-state index contributed by atoms with van der Waals surface area (Å²) in [6, 6.07) is 8.43. The van der Waals surface area contributed by atoms with Crippen molar-refractivity contribution in [2.24, 2.45) is 0 Å². The number of hydrogen-bond acceptors (Lipinski definition) is 2. The largest absolute Gasteiger partial charge is 0.377 e. The number of nitrogens with one attached hydrogen (secondary N) is 1. The lowest BCUT2D eigenvalue weighted by Crippen LogP contribution is -1.98. The summed E-state index contributed by atoms with van der Waals surface area (Å²) in [4.78, 5) is 7.07. The van der Waals surface area contributed by atoms with Gasteiger partial charge in [0.05, 0.1) is 12.9 Å². The second kappa shape index (κ2) is 6.21. The molecule has 1 heterocycles. The lowest BCUT2D eigenvalue weighted by molar-refractivity contribution is 0.118. The van der Waals surface area contributed by atoms with Crippen LogP contribution in [0.4, 0.5) is 0 Å². The molecule has 0 saturated carbocycles. The van der Waals surface area contributed by atoms with Crippen LogP contribution in [-0.2, 0) is 17.8 Å². The first-order valence-electron chi connectivity index (χ1n) is 5.95. The van der Waals surface area contributed by atoms with Crippen molar-refractivity contribution in [1.82, 2.24) is 9.97 Å². The Balaban J connectivity index is 1.63. The van der Waals surface area contributed by atoms with Gasteiger partial charge in [-0.15, -0.1) is 0 Å². The number of ether oxygens (including phenoxy) is 1. The molecule has 0 aliphatic carbocycles. The van der Waals surface area contributed by atoms with Crippen molar-refractivity contribution in [2.45, 2.75) is 26.4 Å². The van der Waals surface area contributed by atoms with Crippen LogP contribution in [0.3, 0.4) is 0 Å². The molecule has 0 amide bonds. The van der Waals surface area contributed by atoms with Crippen LogP contribution in [0.5, 0.6) is 0 Å². The van der Waals surface area contributed by atoms with Crippen LogP contribution >= 0.6 is 0 Å². The Morgan fingerprint density at radius 2 is 2.29 bits per heavy atom. The van der Waals surface area contributed by atoms with E-state index in [9.17, 15) is 0 Å². The molecule has 2 rings (SSSR count). The fraction of sp³-hybridized carbons (Fsp3) is 0.357. The molecule has 0 atom stereocenters. The van der Waals surface area contributed by atoms with Crippen molar-refractivity contribution in [3.8, 4) is 0 Å². The highest BCUT2D eigenvalue weighted by molar-refractivity contribution is 5.21. The van der Waals surface area contributed by atoms with E-state index in [1.807, 2.05) is 6.20 Å². The van der Waals surface area contributed by atoms with Gasteiger partial charge in [-0.2, -0.15) is 0 Å². The Bertz CT molecular complexity index is 437. The van der Waals surface area contributed by atoms with E-state index in [4.69, 9.17) is 4.74 Å². The van der Waals surface area contributed by atoms with Crippen molar-refractivity contribution in [3.63, 3.8) is 0 Å². The molecule has 17 heavy (non-hydrogen) atoms. The predicted molar refractivity (Wildman–Crippen MR) is 67.7 cm³/mol. The third-order valence-corrected chi connectivity index (χ3v) is 2.64. The monoisotopic (exact) mass is 230 g/mol. The molecule has 0 fully saturated rings. The minimum Gasteiger partial charge on any atom is -0.377 e. The van der Waals surface area contributed by atoms with Gasteiger partial charge in [0, 0.05) is 18.5 Å². The molecule has 0 spiro atoms. The van der Waals surface area contributed by atoms with Gasteiger partial charge in [0.25, 0.3) is 0 Å². The second-order valence-corrected chi connectivity index (χ2v) is 4.22. The van der Waals surface area contributed by atoms with Crippen LogP contribution in [0, 0.1) is 6.92 Å². The van der Waals surface area contributed by atoms with Crippen LogP contribution in [0.15, 0.2) is 36.8 Å². The van der Waals surface area contributed by atoms with Gasteiger partial charge in [0.1, 0.15) is 0 Å². The van der Waals surface area contributed by atoms with E-state index >= 15 is 0 Å². The summed E-state index contributed by atoms with van der Waals surface area (Å²) in [7, 11) is 0. The summed E-state index contributed by atoms with van der Waals surface area (Å²) in [5, 5.41) is 0. The minimum absolute atomic E-state index is 0.699. The van der Waals surface area contributed by atoms with E-state index in [1.54, 1.807) is 6.33 Å². The zero-order chi connectivity index (χ0) is 11.9. The Hall–Kier alpha value is -1.61. The number of aromatic nitrogens is 2. The Morgan fingerprint density at radius 1 is 1.35 bits per heavy atom. The van der Waals surface area contributed by atoms with Gasteiger partial charge in [0.15, 0.2) is 0 Å². The summed E-state index contributed by atoms with van der Waals surface area (Å²) in [6.45, 7) is 3.58. The van der Waals surface area contributed by atoms with Crippen molar-refractivity contribution in [2.75, 3.05) is 6.61 Å². The van der Waals surface area contributed by atoms with Gasteiger partial charge < -0.3 is 9.72 Å². The number of H-pyrrole nitrogens is 1. The number of hydrogen-bond donors (Lipinski definition) is 1. The summed E-state index contributed by atoms with van der Waals surface area (Å²) >= 11 is 0. The van der Waals surface area contributed by atoms with E-state index in [0.717, 1.165) is 19.4 Å². The zero-order valence-electron chi connectivity index (χ0n) is 10.1. The van der Waals surface area contributed by atoms with Gasteiger partial charge in [0.2, 0.25) is 0 Å². The molecule has 0 unspecified atom stereocenters. The SMILES string of the molecule is Cc1cccc(COCCCc2cnc[nH]2)c1. The summed E-state index contributed by atoms with van der Waals surface area (Å²) < 4.78 is 5.64. The summed E-state index contributed by atoms with van der Waals surface area (Å²) in [5.74, 6) is 0. The number of imidazole rings is 1. The first-order chi connectivity index (χ1) is 8.34. The number of aromatic amines is 1. The molecule has 0 aliphatic rings. The first-order valence-corrected chi connectivity index (χ1v) is 5.95. The zero-order valence-corrected chi connectivity index (χ0v) is 10.1. The molecule has 1 N–H and O–H groups in total. The predicted octanol–water partition coefficient (Wildman–Crippen LogP) is 2.87. The third kappa shape index (κ3) is 4.04. The normalized spacial score (nSPS) is 10.6. The van der Waals surface area contributed by atoms with Crippen molar-refractivity contribution < 1.29 is 4.74 Å². The average Bonchev–Trinajstić information content (AvgIpc) is 2.82. The lowest BCUT2D eigenvalue weighted by Gasteiger charge is -2.04. The van der Waals surface area contributed by atoms with E-state index in [2.05, 4.69) is 41.2 Å². The molecule has 2 aromatic rings. The second-order valence-electron chi connectivity index (χ2n) is 4.22. The molecule has 0 radical (unpaired) electrons. The standard InChI is InChI=1S/C14H18N2O/c1-12-4-2-5-13(8-12)10-17-7-3-6-14-9-15-11-16-14/h2,4-5,8-9,11H,3,6-7,10H2,1H3,(H,15,16). The summed E-state index contributed by atoms with van der Waals surface area (Å²) in [5.41, 5.74) is 3.69. The Labute approximate surface area is 102 Å². The Kier molecular flexibility index (Phi) is 4.33. The quantitative estimate of drug-likeness (QED) is 0.775. The van der Waals surface area contributed by atoms with E-state index in [1.165, 1.54) is 16.8 Å². The van der Waals surface area contributed by atoms with Gasteiger partial charge >= 0.3 is 0 Å². The fourth-order valence-electron chi connectivity index (χ4n) is 1.78. The fourth-order valence-corrected chi connectivity index (χ4v) is 1.78. The topological polar surface area (TPSA) is 37.9 Å². The van der Waals surface area contributed by atoms with Crippen LogP contribution < -0.4 is 0 Å². The number of aryl methyl sites for hydroxylation is 2. The number of benzene rings is 1. The van der Waals surface area contributed by atoms with Gasteiger partial charge in [-0.05, 0) is 25.3 Å². The molecule has 0 aliphatic heterocycles. The van der Waals surface area contributed by atoms with Crippen molar-refractivity contribution in [1.29, 1.82) is 0 Å². The first kappa shape index (κ1) is 11.9. The molecule has 0 bridgehead atoms. The van der Waals surface area contributed by atoms with Crippen LogP contribution in [0.2, 0.25) is 0 Å². The maximum atomic E-state index is 5.64. The Morgan fingerprint density at radius 3 is 3.06 bits per heavy atom. The molecular formula is C14H18N2O. The van der Waals surface area contributed by atoms with Crippen LogP contribution in [0.1, 0.15) is 23.2 Å². The molecule has 90 valence electrons. The number of nitrogens with zero attached hydrogens (tertiary/aromatic N) is 1. The molecule has 1 aromatic carbocycles. The lowest BCUT2D eigenvalue weighted by atomic mass is 10.1. The highest BCUT2D eigenvalue weighted by Gasteiger charge is 1.96. The maximum absolute atomic E-state index is 5.64. The average molecular weight is 230 g/mol. The van der Waals surface area contributed by atoms with Crippen molar-refractivity contribution >= 4 is 0 Å². The maximum Gasteiger partial charge on any atom is 0.0921 e. The number of rotatable bonds is 6. The molecule has 3 heteroatoms. The van der Waals surface area contributed by atoms with E-state index < -0.39 is 0 Å². The van der Waals surface area contributed by atoms with Crippen molar-refractivity contribution in [3.05, 3.63) is 53.6 Å². The van der Waals surface area contributed by atoms with Gasteiger partial charge in [-0.1, -0.05) is 29.8 Å². The highest BCUT2D eigenvalue weighted by Crippen LogP contribution is 2.06.